The zero-order valence-corrected chi connectivity index (χ0v) is 17.0. The Labute approximate surface area is 161 Å². The van der Waals surface area contributed by atoms with Gasteiger partial charge in [0.15, 0.2) is 0 Å². The number of anilines is 1. The third kappa shape index (κ3) is 3.99. The molecular weight excluding hydrogens is 410 g/mol. The molecule has 8 heteroatoms. The van der Waals surface area contributed by atoms with Crippen molar-refractivity contribution in [3.05, 3.63) is 21.1 Å². The minimum Gasteiger partial charge on any atom is -0.490 e. The molecule has 1 atom stereocenters. The zero-order chi connectivity index (χ0) is 18.4. The van der Waals surface area contributed by atoms with Gasteiger partial charge in [0.2, 0.25) is 0 Å². The van der Waals surface area contributed by atoms with E-state index < -0.39 is 5.60 Å². The Morgan fingerprint density at radius 1 is 1.44 bits per heavy atom. The Morgan fingerprint density at radius 3 is 2.84 bits per heavy atom. The molecule has 0 radical (unpaired) electrons. The topological polar surface area (TPSA) is 68.0 Å². The van der Waals surface area contributed by atoms with Crippen molar-refractivity contribution in [2.45, 2.75) is 39.0 Å². The summed E-state index contributed by atoms with van der Waals surface area (Å²) in [5, 5.41) is 0.535. The average molecular weight is 433 g/mol. The first-order valence-electron chi connectivity index (χ1n) is 8.27. The number of fused-ring (bicyclic) bond motifs is 2. The fraction of sp³-hybridized carbons (Fsp3) is 0.588. The highest BCUT2D eigenvalue weighted by Crippen LogP contribution is 2.41. The highest BCUT2D eigenvalue weighted by molar-refractivity contribution is 9.10. The fourth-order valence-corrected chi connectivity index (χ4v) is 3.76. The van der Waals surface area contributed by atoms with Gasteiger partial charge in [0, 0.05) is 41.9 Å². The summed E-state index contributed by atoms with van der Waals surface area (Å²) in [7, 11) is 0. The predicted octanol–water partition coefficient (Wildman–Crippen LogP) is 3.50. The molecule has 0 saturated carbocycles. The van der Waals surface area contributed by atoms with Crippen molar-refractivity contribution < 1.29 is 14.3 Å². The van der Waals surface area contributed by atoms with Crippen molar-refractivity contribution in [3.63, 3.8) is 0 Å². The van der Waals surface area contributed by atoms with Gasteiger partial charge in [-0.05, 0) is 42.8 Å². The largest absolute Gasteiger partial charge is 0.490 e. The number of halogens is 2. The van der Waals surface area contributed by atoms with Crippen molar-refractivity contribution in [3.8, 4) is 5.75 Å². The van der Waals surface area contributed by atoms with E-state index in [4.69, 9.17) is 26.8 Å². The minimum absolute atomic E-state index is 0.0721. The number of nitrogen functional groups attached to an aromatic ring is 1. The summed E-state index contributed by atoms with van der Waals surface area (Å²) in [4.78, 5) is 16.4. The van der Waals surface area contributed by atoms with E-state index in [1.807, 2.05) is 26.8 Å². The Morgan fingerprint density at radius 2 is 2.16 bits per heavy atom. The van der Waals surface area contributed by atoms with Crippen LogP contribution in [0.15, 0.2) is 10.5 Å². The van der Waals surface area contributed by atoms with Gasteiger partial charge < -0.3 is 20.1 Å². The highest BCUT2D eigenvalue weighted by Gasteiger charge is 2.35. The van der Waals surface area contributed by atoms with Gasteiger partial charge in [-0.1, -0.05) is 11.6 Å². The molecule has 1 amide bonds. The molecule has 2 aliphatic heterocycles. The van der Waals surface area contributed by atoms with Crippen LogP contribution in [0.5, 0.6) is 5.75 Å². The number of rotatable bonds is 0. The Hall–Kier alpha value is -1.18. The van der Waals surface area contributed by atoms with Crippen LogP contribution in [0.25, 0.3) is 0 Å². The number of hydrogen-bond acceptors (Lipinski definition) is 5. The van der Waals surface area contributed by atoms with E-state index in [0.29, 0.717) is 42.7 Å². The van der Waals surface area contributed by atoms with Gasteiger partial charge in [0.1, 0.15) is 18.0 Å². The number of nitrogens with zero attached hydrogens (tertiary/aromatic N) is 2. The number of carbonyl (C=O) groups is 1. The summed E-state index contributed by atoms with van der Waals surface area (Å²) in [6, 6.07) is 1.88. The van der Waals surface area contributed by atoms with Crippen molar-refractivity contribution in [2.75, 3.05) is 32.0 Å². The van der Waals surface area contributed by atoms with Crippen LogP contribution < -0.4 is 10.5 Å². The van der Waals surface area contributed by atoms with E-state index in [-0.39, 0.29) is 12.1 Å². The fourth-order valence-electron chi connectivity index (χ4n) is 3.11. The predicted molar refractivity (Wildman–Crippen MR) is 101 cm³/mol. The van der Waals surface area contributed by atoms with Gasteiger partial charge in [0.05, 0.1) is 11.1 Å². The minimum atomic E-state index is -0.501. The monoisotopic (exact) mass is 431 g/mol. The van der Waals surface area contributed by atoms with Gasteiger partial charge in [0.25, 0.3) is 0 Å². The molecule has 2 heterocycles. The van der Waals surface area contributed by atoms with Crippen LogP contribution in [-0.4, -0.2) is 53.8 Å². The Kier molecular flexibility index (Phi) is 5.10. The third-order valence-electron chi connectivity index (χ3n) is 4.35. The Balaban J connectivity index is 1.76. The lowest BCUT2D eigenvalue weighted by molar-refractivity contribution is -0.00152. The maximum Gasteiger partial charge on any atom is 0.410 e. The van der Waals surface area contributed by atoms with Crippen LogP contribution in [0.4, 0.5) is 10.5 Å². The summed E-state index contributed by atoms with van der Waals surface area (Å²) in [6.45, 7) is 8.62. The molecule has 2 aliphatic rings. The van der Waals surface area contributed by atoms with Crippen molar-refractivity contribution in [2.24, 2.45) is 0 Å². The quantitative estimate of drug-likeness (QED) is 0.636. The van der Waals surface area contributed by atoms with Crippen LogP contribution in [-0.2, 0) is 11.3 Å². The number of amides is 1. The number of hydrogen-bond donors (Lipinski definition) is 1. The molecule has 0 bridgehead atoms. The lowest BCUT2D eigenvalue weighted by atomic mass is 10.1. The van der Waals surface area contributed by atoms with Crippen LogP contribution in [0.3, 0.4) is 0 Å². The maximum absolute atomic E-state index is 12.3. The van der Waals surface area contributed by atoms with Crippen molar-refractivity contribution in [1.29, 1.82) is 0 Å². The van der Waals surface area contributed by atoms with E-state index in [2.05, 4.69) is 20.8 Å². The van der Waals surface area contributed by atoms with Crippen LogP contribution in [0, 0.1) is 0 Å². The SMILES string of the molecule is CC(C)(C)OC(=O)N1CCN2Cc3c(N)cc(Br)c(Cl)c3OCC2C1. The normalized spacial score (nSPS) is 21.0. The molecule has 1 aromatic rings. The molecule has 2 N–H and O–H groups in total. The van der Waals surface area contributed by atoms with Gasteiger partial charge in [-0.2, -0.15) is 0 Å². The number of benzene rings is 1. The molecule has 6 nitrogen and oxygen atoms in total. The standard InChI is InChI=1S/C17H23BrClN3O3/c1-17(2,3)25-16(23)22-5-4-21-8-11-13(20)6-12(18)14(19)15(11)24-9-10(21)7-22/h6,10H,4-5,7-9,20H2,1-3H3. The lowest BCUT2D eigenvalue weighted by Crippen LogP contribution is -2.56. The third-order valence-corrected chi connectivity index (χ3v) is 5.58. The van der Waals surface area contributed by atoms with Gasteiger partial charge in [-0.15, -0.1) is 0 Å². The molecule has 3 rings (SSSR count). The van der Waals surface area contributed by atoms with E-state index in [0.717, 1.165) is 16.6 Å². The molecule has 1 fully saturated rings. The highest BCUT2D eigenvalue weighted by atomic mass is 79.9. The van der Waals surface area contributed by atoms with E-state index >= 15 is 0 Å². The van der Waals surface area contributed by atoms with E-state index in [1.165, 1.54) is 0 Å². The first-order chi connectivity index (χ1) is 11.7. The summed E-state index contributed by atoms with van der Waals surface area (Å²) in [5.74, 6) is 0.631. The van der Waals surface area contributed by atoms with Crippen LogP contribution >= 0.6 is 27.5 Å². The zero-order valence-electron chi connectivity index (χ0n) is 14.6. The molecule has 1 saturated heterocycles. The van der Waals surface area contributed by atoms with E-state index in [9.17, 15) is 4.79 Å². The number of ether oxygens (including phenoxy) is 2. The smallest absolute Gasteiger partial charge is 0.410 e. The second kappa shape index (κ2) is 6.85. The van der Waals surface area contributed by atoms with E-state index in [1.54, 1.807) is 4.90 Å². The number of nitrogens with two attached hydrogens (primary N) is 1. The van der Waals surface area contributed by atoms with Crippen molar-refractivity contribution >= 4 is 39.3 Å². The summed E-state index contributed by atoms with van der Waals surface area (Å²) in [5.41, 5.74) is 7.22. The van der Waals surface area contributed by atoms with Crippen LogP contribution in [0.2, 0.25) is 5.02 Å². The van der Waals surface area contributed by atoms with Gasteiger partial charge in [-0.25, -0.2) is 4.79 Å². The second-order valence-corrected chi connectivity index (χ2v) is 8.66. The summed E-state index contributed by atoms with van der Waals surface area (Å²) in [6.07, 6.45) is -0.283. The maximum atomic E-state index is 12.3. The molecule has 25 heavy (non-hydrogen) atoms. The second-order valence-electron chi connectivity index (χ2n) is 7.43. The first kappa shape index (κ1) is 18.6. The molecular formula is C17H23BrClN3O3. The number of piperazine rings is 1. The average Bonchev–Trinajstić information content (AvgIpc) is 2.70. The van der Waals surface area contributed by atoms with Gasteiger partial charge in [-0.3, -0.25) is 4.90 Å². The van der Waals surface area contributed by atoms with Crippen LogP contribution in [0.1, 0.15) is 26.3 Å². The molecule has 1 aromatic carbocycles. The molecule has 0 spiro atoms. The Bertz CT molecular complexity index is 693. The number of carbonyl (C=O) groups excluding carboxylic acids is 1. The van der Waals surface area contributed by atoms with Gasteiger partial charge >= 0.3 is 6.09 Å². The summed E-state index contributed by atoms with van der Waals surface area (Å²) < 4.78 is 12.2. The lowest BCUT2D eigenvalue weighted by Gasteiger charge is -2.40. The molecule has 0 aromatic heterocycles. The summed E-state index contributed by atoms with van der Waals surface area (Å²) >= 11 is 9.78. The molecule has 1 unspecified atom stereocenters. The first-order valence-corrected chi connectivity index (χ1v) is 9.44. The molecule has 0 aliphatic carbocycles. The molecule has 138 valence electrons. The van der Waals surface area contributed by atoms with Crippen molar-refractivity contribution in [1.82, 2.24) is 9.80 Å².